The van der Waals surface area contributed by atoms with Crippen LogP contribution in [0.15, 0.2) is 66.7 Å². The molecular formula is C27H26N2O5. The van der Waals surface area contributed by atoms with Crippen molar-refractivity contribution in [3.8, 4) is 11.5 Å². The predicted molar refractivity (Wildman–Crippen MR) is 130 cm³/mol. The first-order valence-electron chi connectivity index (χ1n) is 10.9. The molecule has 0 spiro atoms. The Morgan fingerprint density at radius 2 is 1.79 bits per heavy atom. The number of rotatable bonds is 11. The second-order valence-electron chi connectivity index (χ2n) is 7.83. The van der Waals surface area contributed by atoms with E-state index in [9.17, 15) is 19.8 Å². The van der Waals surface area contributed by atoms with E-state index in [-0.39, 0.29) is 23.6 Å². The number of carbonyl (C=O) groups is 2. The number of ether oxygens (including phenoxy) is 1. The molecule has 7 heteroatoms. The molecule has 0 saturated carbocycles. The number of phenols is 1. The Hall–Kier alpha value is -4.31. The van der Waals surface area contributed by atoms with Crippen LogP contribution < -0.4 is 9.64 Å². The molecule has 0 unspecified atom stereocenters. The molecule has 0 aromatic heterocycles. The number of unbranched alkanes of at least 4 members (excludes halogenated alkanes) is 1. The third kappa shape index (κ3) is 6.36. The molecule has 3 aromatic carbocycles. The minimum Gasteiger partial charge on any atom is -0.507 e. The lowest BCUT2D eigenvalue weighted by molar-refractivity contribution is -0.135. The molecule has 0 radical (unpaired) electrons. The molecule has 0 saturated heterocycles. The monoisotopic (exact) mass is 458 g/mol. The topological polar surface area (TPSA) is 91.4 Å². The quantitative estimate of drug-likeness (QED) is 0.232. The molecule has 3 aromatic rings. The van der Waals surface area contributed by atoms with E-state index in [1.807, 2.05) is 19.1 Å². The van der Waals surface area contributed by atoms with E-state index < -0.39 is 5.97 Å². The summed E-state index contributed by atoms with van der Waals surface area (Å²) in [6, 6.07) is 18.6. The van der Waals surface area contributed by atoms with Gasteiger partial charge < -0.3 is 19.8 Å². The van der Waals surface area contributed by atoms with Crippen molar-refractivity contribution < 1.29 is 24.5 Å². The number of hydrogen-bond donors (Lipinski definition) is 2. The standard InChI is InChI=1S/C27H26N2O5/c1-19-10-11-21(28-2)16-24(19)29(18-26(31)32)14-6-7-15-34-22-12-13-23(25(30)17-22)27(33)20-8-4-3-5-9-20/h3-5,8-13,16-17,30H,6-7,14-15,18H2,1H3,(H,31,32). The number of aliphatic carboxylic acids is 1. The molecule has 0 aliphatic carbocycles. The number of carboxylic acid groups (broad SMARTS) is 1. The second-order valence-corrected chi connectivity index (χ2v) is 7.83. The molecule has 0 heterocycles. The lowest BCUT2D eigenvalue weighted by atomic mass is 10.0. The Labute approximate surface area is 198 Å². The highest BCUT2D eigenvalue weighted by atomic mass is 16.5. The third-order valence-electron chi connectivity index (χ3n) is 5.33. The number of hydrogen-bond acceptors (Lipinski definition) is 5. The van der Waals surface area contributed by atoms with Crippen LogP contribution in [-0.2, 0) is 4.79 Å². The maximum Gasteiger partial charge on any atom is 0.323 e. The van der Waals surface area contributed by atoms with Crippen LogP contribution in [0.5, 0.6) is 11.5 Å². The smallest absolute Gasteiger partial charge is 0.323 e. The molecule has 7 nitrogen and oxygen atoms in total. The summed E-state index contributed by atoms with van der Waals surface area (Å²) < 4.78 is 5.71. The van der Waals surface area contributed by atoms with Gasteiger partial charge >= 0.3 is 5.97 Å². The van der Waals surface area contributed by atoms with E-state index in [1.54, 1.807) is 53.4 Å². The molecule has 0 atom stereocenters. The number of aromatic hydroxyl groups is 1. The number of anilines is 1. The third-order valence-corrected chi connectivity index (χ3v) is 5.33. The molecule has 34 heavy (non-hydrogen) atoms. The Bertz CT molecular complexity index is 1200. The van der Waals surface area contributed by atoms with Crippen LogP contribution in [-0.4, -0.2) is 41.7 Å². The summed E-state index contributed by atoms with van der Waals surface area (Å²) in [6.07, 6.45) is 1.33. The Kier molecular flexibility index (Phi) is 8.25. The van der Waals surface area contributed by atoms with Crippen molar-refractivity contribution in [2.75, 3.05) is 24.6 Å². The average Bonchev–Trinajstić information content (AvgIpc) is 2.83. The highest BCUT2D eigenvalue weighted by molar-refractivity contribution is 6.10. The van der Waals surface area contributed by atoms with Gasteiger partial charge in [-0.05, 0) is 43.5 Å². The minimum atomic E-state index is -0.940. The van der Waals surface area contributed by atoms with Crippen LogP contribution in [0.2, 0.25) is 0 Å². The van der Waals surface area contributed by atoms with Crippen molar-refractivity contribution in [3.63, 3.8) is 0 Å². The van der Waals surface area contributed by atoms with E-state index in [1.165, 1.54) is 6.07 Å². The van der Waals surface area contributed by atoms with E-state index in [2.05, 4.69) is 4.85 Å². The molecule has 0 amide bonds. The summed E-state index contributed by atoms with van der Waals surface area (Å²) in [4.78, 5) is 29.1. The van der Waals surface area contributed by atoms with Gasteiger partial charge in [0.25, 0.3) is 0 Å². The number of aryl methyl sites for hydroxylation is 1. The average molecular weight is 459 g/mol. The lowest BCUT2D eigenvalue weighted by Gasteiger charge is -2.25. The summed E-state index contributed by atoms with van der Waals surface area (Å²) in [5.74, 6) is -0.899. The van der Waals surface area contributed by atoms with E-state index >= 15 is 0 Å². The van der Waals surface area contributed by atoms with Crippen molar-refractivity contribution >= 4 is 23.1 Å². The van der Waals surface area contributed by atoms with Gasteiger partial charge in [-0.15, -0.1) is 0 Å². The van der Waals surface area contributed by atoms with E-state index in [0.29, 0.717) is 43.0 Å². The maximum atomic E-state index is 12.5. The first-order valence-corrected chi connectivity index (χ1v) is 10.9. The van der Waals surface area contributed by atoms with Gasteiger partial charge in [-0.3, -0.25) is 9.59 Å². The van der Waals surface area contributed by atoms with Crippen molar-refractivity contribution in [3.05, 3.63) is 94.8 Å². The minimum absolute atomic E-state index is 0.144. The van der Waals surface area contributed by atoms with Crippen LogP contribution in [0.25, 0.3) is 4.85 Å². The second kappa shape index (κ2) is 11.5. The normalized spacial score (nSPS) is 10.4. The molecule has 0 aliphatic heterocycles. The van der Waals surface area contributed by atoms with E-state index in [4.69, 9.17) is 11.3 Å². The Morgan fingerprint density at radius 3 is 2.47 bits per heavy atom. The summed E-state index contributed by atoms with van der Waals surface area (Å²) in [5.41, 5.74) is 2.81. The zero-order chi connectivity index (χ0) is 24.5. The molecular weight excluding hydrogens is 432 g/mol. The van der Waals surface area contributed by atoms with Crippen molar-refractivity contribution in [2.24, 2.45) is 0 Å². The van der Waals surface area contributed by atoms with Gasteiger partial charge in [0.15, 0.2) is 11.5 Å². The highest BCUT2D eigenvalue weighted by Gasteiger charge is 2.15. The van der Waals surface area contributed by atoms with Gasteiger partial charge in [0.05, 0.1) is 18.7 Å². The SMILES string of the molecule is [C-]#[N+]c1ccc(C)c(N(CCCCOc2ccc(C(=O)c3ccccc3)c(O)c2)CC(=O)O)c1. The van der Waals surface area contributed by atoms with Gasteiger partial charge in [-0.2, -0.15) is 0 Å². The van der Waals surface area contributed by atoms with E-state index in [0.717, 1.165) is 11.3 Å². The molecule has 0 bridgehead atoms. The van der Waals surface area contributed by atoms with Crippen LogP contribution in [0.1, 0.15) is 34.3 Å². The molecule has 2 N–H and O–H groups in total. The van der Waals surface area contributed by atoms with Gasteiger partial charge in [0, 0.05) is 23.9 Å². The fraction of sp³-hybridized carbons (Fsp3) is 0.222. The van der Waals surface area contributed by atoms with Crippen molar-refractivity contribution in [2.45, 2.75) is 19.8 Å². The predicted octanol–water partition coefficient (Wildman–Crippen LogP) is 5.23. The van der Waals surface area contributed by atoms with Gasteiger partial charge in [0.2, 0.25) is 0 Å². The molecule has 0 fully saturated rings. The lowest BCUT2D eigenvalue weighted by Crippen LogP contribution is -2.31. The van der Waals surface area contributed by atoms with Gasteiger partial charge in [-0.25, -0.2) is 4.85 Å². The first-order chi connectivity index (χ1) is 16.4. The number of nitrogens with zero attached hydrogens (tertiary/aromatic N) is 2. The van der Waals surface area contributed by atoms with Crippen molar-refractivity contribution in [1.29, 1.82) is 0 Å². The highest BCUT2D eigenvalue weighted by Crippen LogP contribution is 2.27. The van der Waals surface area contributed by atoms with Gasteiger partial charge in [0.1, 0.15) is 18.0 Å². The zero-order valence-electron chi connectivity index (χ0n) is 18.9. The van der Waals surface area contributed by atoms with Crippen LogP contribution >= 0.6 is 0 Å². The number of carboxylic acids is 1. The molecule has 3 rings (SSSR count). The van der Waals surface area contributed by atoms with Gasteiger partial charge in [-0.1, -0.05) is 42.5 Å². The largest absolute Gasteiger partial charge is 0.507 e. The number of benzene rings is 3. The summed E-state index contributed by atoms with van der Waals surface area (Å²) >= 11 is 0. The van der Waals surface area contributed by atoms with Crippen LogP contribution in [0.4, 0.5) is 11.4 Å². The maximum absolute atomic E-state index is 12.5. The molecule has 0 aliphatic rings. The Morgan fingerprint density at radius 1 is 1.03 bits per heavy atom. The Balaban J connectivity index is 1.55. The number of phenolic OH excluding ortho intramolecular Hbond substituents is 1. The fourth-order valence-electron chi connectivity index (χ4n) is 3.59. The number of ketones is 1. The summed E-state index contributed by atoms with van der Waals surface area (Å²) in [7, 11) is 0. The first kappa shape index (κ1) is 24.3. The van der Waals surface area contributed by atoms with Crippen LogP contribution in [0.3, 0.4) is 0 Å². The summed E-state index contributed by atoms with van der Waals surface area (Å²) in [5, 5.41) is 19.6. The number of carbonyl (C=O) groups excluding carboxylic acids is 1. The molecule has 174 valence electrons. The van der Waals surface area contributed by atoms with Crippen molar-refractivity contribution in [1.82, 2.24) is 0 Å². The summed E-state index contributed by atoms with van der Waals surface area (Å²) in [6.45, 7) is 9.79. The fourth-order valence-corrected chi connectivity index (χ4v) is 3.59. The zero-order valence-corrected chi connectivity index (χ0v) is 18.9. The van der Waals surface area contributed by atoms with Crippen LogP contribution in [0, 0.1) is 13.5 Å².